The summed E-state index contributed by atoms with van der Waals surface area (Å²) in [5, 5.41) is 1.55. The number of likely N-dealkylation sites (tertiary alicyclic amines) is 1. The maximum absolute atomic E-state index is 13.1. The number of halogens is 1. The summed E-state index contributed by atoms with van der Waals surface area (Å²) in [6.07, 6.45) is 1.01. The fourth-order valence-electron chi connectivity index (χ4n) is 3.71. The van der Waals surface area contributed by atoms with Gasteiger partial charge >= 0.3 is 0 Å². The van der Waals surface area contributed by atoms with Crippen LogP contribution in [0.1, 0.15) is 15.4 Å². The third kappa shape index (κ3) is 3.64. The van der Waals surface area contributed by atoms with Crippen LogP contribution in [0.25, 0.3) is 10.6 Å². The Balaban J connectivity index is 1.33. The van der Waals surface area contributed by atoms with Crippen LogP contribution in [-0.4, -0.2) is 48.6 Å². The van der Waals surface area contributed by atoms with Crippen molar-refractivity contribution in [1.82, 2.24) is 9.88 Å². The van der Waals surface area contributed by atoms with Gasteiger partial charge in [0, 0.05) is 42.3 Å². The Morgan fingerprint density at radius 2 is 1.83 bits per heavy atom. The van der Waals surface area contributed by atoms with E-state index in [0.717, 1.165) is 52.1 Å². The van der Waals surface area contributed by atoms with E-state index in [0.29, 0.717) is 11.6 Å². The summed E-state index contributed by atoms with van der Waals surface area (Å²) in [7, 11) is 2.08. The van der Waals surface area contributed by atoms with Gasteiger partial charge in [0.1, 0.15) is 21.7 Å². The van der Waals surface area contributed by atoms with E-state index in [-0.39, 0.29) is 12.0 Å². The summed E-state index contributed by atoms with van der Waals surface area (Å²) in [6, 6.07) is 15.4. The third-order valence-electron chi connectivity index (χ3n) is 5.28. The molecule has 2 aliphatic heterocycles. The van der Waals surface area contributed by atoms with Gasteiger partial charge in [0.2, 0.25) is 0 Å². The van der Waals surface area contributed by atoms with Gasteiger partial charge in [0.05, 0.1) is 5.69 Å². The fourth-order valence-corrected chi connectivity index (χ4v) is 4.90. The maximum atomic E-state index is 13.1. The molecule has 0 N–H and O–H groups in total. The first-order valence-electron chi connectivity index (χ1n) is 9.59. The van der Waals surface area contributed by atoms with E-state index in [1.165, 1.54) is 11.3 Å². The monoisotopic (exact) mass is 425 g/mol. The van der Waals surface area contributed by atoms with Gasteiger partial charge in [0.25, 0.3) is 5.91 Å². The predicted octanol–water partition coefficient (Wildman–Crippen LogP) is 4.36. The zero-order valence-corrected chi connectivity index (χ0v) is 17.5. The van der Waals surface area contributed by atoms with Crippen LogP contribution in [0.5, 0.6) is 5.75 Å². The van der Waals surface area contributed by atoms with Crippen LogP contribution in [-0.2, 0) is 6.42 Å². The van der Waals surface area contributed by atoms with Crippen molar-refractivity contribution < 1.29 is 9.53 Å². The number of carbonyl (C=O) groups excluding carboxylic acids is 1. The minimum atomic E-state index is 0.0123. The number of fused-ring (bicyclic) bond motifs is 1. The first-order chi connectivity index (χ1) is 14.1. The van der Waals surface area contributed by atoms with Gasteiger partial charge in [0.15, 0.2) is 0 Å². The second-order valence-corrected chi connectivity index (χ2v) is 8.90. The van der Waals surface area contributed by atoms with Crippen molar-refractivity contribution in [2.45, 2.75) is 12.5 Å². The molecule has 2 aromatic carbocycles. The van der Waals surface area contributed by atoms with Crippen molar-refractivity contribution in [2.75, 3.05) is 31.6 Å². The summed E-state index contributed by atoms with van der Waals surface area (Å²) in [4.78, 5) is 22.6. The molecule has 5 nitrogen and oxygen atoms in total. The smallest absolute Gasteiger partial charge is 0.270 e. The molecular weight excluding hydrogens is 406 g/mol. The molecule has 0 spiro atoms. The quantitative estimate of drug-likeness (QED) is 0.623. The van der Waals surface area contributed by atoms with E-state index in [1.807, 2.05) is 53.4 Å². The lowest BCUT2D eigenvalue weighted by molar-refractivity contribution is 0.0388. The minimum absolute atomic E-state index is 0.0123. The van der Waals surface area contributed by atoms with Gasteiger partial charge in [-0.15, -0.1) is 11.3 Å². The van der Waals surface area contributed by atoms with E-state index in [9.17, 15) is 4.79 Å². The highest BCUT2D eigenvalue weighted by Crippen LogP contribution is 2.34. The first-order valence-corrected chi connectivity index (χ1v) is 10.8. The summed E-state index contributed by atoms with van der Waals surface area (Å²) in [5.41, 5.74) is 2.76. The standard InChI is InChI=1S/C22H20ClN3O2S/c1-25-12-18(13-25)28-17-8-6-16(7-9-17)26-11-10-19-20(22(26)27)29-21(24-19)14-2-4-15(23)5-3-14/h2-9,18H,10-13H2,1H3. The van der Waals surface area contributed by atoms with Crippen molar-refractivity contribution in [2.24, 2.45) is 0 Å². The van der Waals surface area contributed by atoms with Gasteiger partial charge in [-0.25, -0.2) is 4.98 Å². The number of ether oxygens (including phenoxy) is 1. The minimum Gasteiger partial charge on any atom is -0.488 e. The molecule has 3 heterocycles. The molecule has 148 valence electrons. The highest BCUT2D eigenvalue weighted by Gasteiger charge is 2.30. The Kier molecular flexibility index (Phi) is 4.78. The first kappa shape index (κ1) is 18.6. The fraction of sp³-hybridized carbons (Fsp3) is 0.273. The lowest BCUT2D eigenvalue weighted by Gasteiger charge is -2.36. The zero-order chi connectivity index (χ0) is 20.0. The Bertz CT molecular complexity index is 1040. The summed E-state index contributed by atoms with van der Waals surface area (Å²) >= 11 is 7.43. The summed E-state index contributed by atoms with van der Waals surface area (Å²) in [6.45, 7) is 2.54. The average molecular weight is 426 g/mol. The largest absolute Gasteiger partial charge is 0.488 e. The van der Waals surface area contributed by atoms with Crippen molar-refractivity contribution in [3.63, 3.8) is 0 Å². The number of rotatable bonds is 4. The molecule has 5 rings (SSSR count). The van der Waals surface area contributed by atoms with Crippen LogP contribution in [0.3, 0.4) is 0 Å². The molecule has 3 aromatic rings. The SMILES string of the molecule is CN1CC(Oc2ccc(N3CCc4nc(-c5ccc(Cl)cc5)sc4C3=O)cc2)C1. The van der Waals surface area contributed by atoms with E-state index < -0.39 is 0 Å². The van der Waals surface area contributed by atoms with Crippen LogP contribution in [0.2, 0.25) is 5.02 Å². The van der Waals surface area contributed by atoms with E-state index >= 15 is 0 Å². The molecule has 1 fully saturated rings. The number of anilines is 1. The van der Waals surface area contributed by atoms with Crippen molar-refractivity contribution in [1.29, 1.82) is 0 Å². The molecule has 0 saturated carbocycles. The zero-order valence-electron chi connectivity index (χ0n) is 16.0. The summed E-state index contributed by atoms with van der Waals surface area (Å²) in [5.74, 6) is 0.859. The molecular formula is C22H20ClN3O2S. The maximum Gasteiger partial charge on any atom is 0.270 e. The number of likely N-dealkylation sites (N-methyl/N-ethyl adjacent to an activating group) is 1. The van der Waals surface area contributed by atoms with Gasteiger partial charge < -0.3 is 9.64 Å². The topological polar surface area (TPSA) is 45.7 Å². The normalized spacial score (nSPS) is 17.2. The second kappa shape index (κ2) is 7.44. The van der Waals surface area contributed by atoms with Crippen molar-refractivity contribution >= 4 is 34.5 Å². The lowest BCUT2D eigenvalue weighted by Crippen LogP contribution is -2.51. The van der Waals surface area contributed by atoms with E-state index in [2.05, 4.69) is 11.9 Å². The molecule has 2 aliphatic rings. The molecule has 1 amide bonds. The number of amides is 1. The molecule has 1 aromatic heterocycles. The van der Waals surface area contributed by atoms with Crippen LogP contribution in [0.15, 0.2) is 48.5 Å². The van der Waals surface area contributed by atoms with Gasteiger partial charge in [-0.1, -0.05) is 23.7 Å². The molecule has 0 unspecified atom stereocenters. The number of carbonyl (C=O) groups is 1. The molecule has 1 saturated heterocycles. The van der Waals surface area contributed by atoms with E-state index in [1.54, 1.807) is 0 Å². The molecule has 29 heavy (non-hydrogen) atoms. The van der Waals surface area contributed by atoms with Crippen LogP contribution >= 0.6 is 22.9 Å². The van der Waals surface area contributed by atoms with Crippen LogP contribution in [0.4, 0.5) is 5.69 Å². The average Bonchev–Trinajstić information content (AvgIpc) is 3.14. The number of benzene rings is 2. The number of hydrogen-bond donors (Lipinski definition) is 0. The number of aromatic nitrogens is 1. The van der Waals surface area contributed by atoms with Gasteiger partial charge in [-0.3, -0.25) is 9.69 Å². The van der Waals surface area contributed by atoms with Crippen molar-refractivity contribution in [3.05, 3.63) is 64.1 Å². The molecule has 0 radical (unpaired) electrons. The Morgan fingerprint density at radius 1 is 1.10 bits per heavy atom. The number of hydrogen-bond acceptors (Lipinski definition) is 5. The van der Waals surface area contributed by atoms with Crippen molar-refractivity contribution in [3.8, 4) is 16.3 Å². The Hall–Kier alpha value is -2.41. The predicted molar refractivity (Wildman–Crippen MR) is 116 cm³/mol. The van der Waals surface area contributed by atoms with Gasteiger partial charge in [-0.05, 0) is 43.4 Å². The number of thiazole rings is 1. The summed E-state index contributed by atoms with van der Waals surface area (Å²) < 4.78 is 5.94. The lowest BCUT2D eigenvalue weighted by atomic mass is 10.1. The van der Waals surface area contributed by atoms with Gasteiger partial charge in [-0.2, -0.15) is 0 Å². The molecule has 0 bridgehead atoms. The molecule has 0 atom stereocenters. The Morgan fingerprint density at radius 3 is 2.52 bits per heavy atom. The number of nitrogens with zero attached hydrogens (tertiary/aromatic N) is 3. The molecule has 7 heteroatoms. The molecule has 0 aliphatic carbocycles. The van der Waals surface area contributed by atoms with E-state index in [4.69, 9.17) is 21.3 Å². The van der Waals surface area contributed by atoms with Crippen LogP contribution in [0, 0.1) is 0 Å². The van der Waals surface area contributed by atoms with Crippen LogP contribution < -0.4 is 9.64 Å². The Labute approximate surface area is 178 Å². The highest BCUT2D eigenvalue weighted by molar-refractivity contribution is 7.17. The third-order valence-corrected chi connectivity index (χ3v) is 6.67. The second-order valence-electron chi connectivity index (χ2n) is 7.46. The highest BCUT2D eigenvalue weighted by atomic mass is 35.5.